The lowest BCUT2D eigenvalue weighted by Gasteiger charge is -2.39. The summed E-state index contributed by atoms with van der Waals surface area (Å²) in [5.74, 6) is 0.116. The SMILES string of the molecule is CC=C(C)CN1CCC(C2(C)NC(=O)N(Cc3ccsc3)C2=O)CC1. The van der Waals surface area contributed by atoms with E-state index < -0.39 is 5.54 Å². The molecular weight excluding hydrogens is 334 g/mol. The van der Waals surface area contributed by atoms with E-state index in [1.807, 2.05) is 23.8 Å². The fourth-order valence-electron chi connectivity index (χ4n) is 3.81. The molecule has 1 aromatic heterocycles. The zero-order valence-electron chi connectivity index (χ0n) is 15.2. The quantitative estimate of drug-likeness (QED) is 0.647. The Morgan fingerprint density at radius 3 is 2.72 bits per heavy atom. The molecule has 0 aliphatic carbocycles. The fraction of sp³-hybridized carbons (Fsp3) is 0.579. The second kappa shape index (κ2) is 7.30. The number of hydrogen-bond acceptors (Lipinski definition) is 4. The van der Waals surface area contributed by atoms with Crippen molar-refractivity contribution in [2.24, 2.45) is 5.92 Å². The Morgan fingerprint density at radius 2 is 2.12 bits per heavy atom. The van der Waals surface area contributed by atoms with E-state index in [4.69, 9.17) is 0 Å². The molecule has 3 amide bonds. The molecular formula is C19H27N3O2S. The maximum atomic E-state index is 13.0. The molecule has 1 N–H and O–H groups in total. The highest BCUT2D eigenvalue weighted by Gasteiger charge is 2.52. The molecule has 3 rings (SSSR count). The smallest absolute Gasteiger partial charge is 0.323 e. The van der Waals surface area contributed by atoms with E-state index in [1.54, 1.807) is 11.3 Å². The maximum absolute atomic E-state index is 13.0. The molecule has 6 heteroatoms. The molecule has 0 saturated carbocycles. The Balaban J connectivity index is 1.64. The van der Waals surface area contributed by atoms with Gasteiger partial charge in [0.15, 0.2) is 0 Å². The van der Waals surface area contributed by atoms with Crippen LogP contribution in [0.4, 0.5) is 4.79 Å². The van der Waals surface area contributed by atoms with Crippen LogP contribution >= 0.6 is 11.3 Å². The largest absolute Gasteiger partial charge is 0.325 e. The first-order valence-electron chi connectivity index (χ1n) is 8.93. The summed E-state index contributed by atoms with van der Waals surface area (Å²) >= 11 is 1.58. The molecule has 0 radical (unpaired) electrons. The lowest BCUT2D eigenvalue weighted by atomic mass is 9.79. The molecule has 0 aromatic carbocycles. The van der Waals surface area contributed by atoms with Crippen molar-refractivity contribution in [3.05, 3.63) is 34.0 Å². The van der Waals surface area contributed by atoms with Gasteiger partial charge >= 0.3 is 6.03 Å². The molecule has 0 bridgehead atoms. The second-order valence-electron chi connectivity index (χ2n) is 7.34. The molecule has 1 unspecified atom stereocenters. The highest BCUT2D eigenvalue weighted by Crippen LogP contribution is 2.34. The van der Waals surface area contributed by atoms with Crippen molar-refractivity contribution in [1.82, 2.24) is 15.1 Å². The Morgan fingerprint density at radius 1 is 1.40 bits per heavy atom. The van der Waals surface area contributed by atoms with Crippen molar-refractivity contribution in [1.29, 1.82) is 0 Å². The van der Waals surface area contributed by atoms with Crippen LogP contribution in [0.2, 0.25) is 0 Å². The third kappa shape index (κ3) is 3.65. The second-order valence-corrected chi connectivity index (χ2v) is 8.12. The molecule has 3 heterocycles. The number of hydrogen-bond donors (Lipinski definition) is 1. The molecule has 1 aromatic rings. The van der Waals surface area contributed by atoms with E-state index >= 15 is 0 Å². The van der Waals surface area contributed by atoms with Gasteiger partial charge in [0.25, 0.3) is 5.91 Å². The van der Waals surface area contributed by atoms with E-state index in [9.17, 15) is 9.59 Å². The summed E-state index contributed by atoms with van der Waals surface area (Å²) in [5.41, 5.74) is 1.61. The molecule has 2 aliphatic heterocycles. The number of nitrogens with one attached hydrogen (secondary N) is 1. The number of nitrogens with zero attached hydrogens (tertiary/aromatic N) is 2. The van der Waals surface area contributed by atoms with Crippen LogP contribution in [0.1, 0.15) is 39.2 Å². The van der Waals surface area contributed by atoms with E-state index in [0.717, 1.165) is 38.0 Å². The van der Waals surface area contributed by atoms with Gasteiger partial charge in [-0.15, -0.1) is 0 Å². The van der Waals surface area contributed by atoms with Crippen LogP contribution in [0.15, 0.2) is 28.5 Å². The Kier molecular flexibility index (Phi) is 5.29. The average molecular weight is 362 g/mol. The summed E-state index contributed by atoms with van der Waals surface area (Å²) in [5, 5.41) is 6.94. The molecule has 136 valence electrons. The molecule has 5 nitrogen and oxygen atoms in total. The van der Waals surface area contributed by atoms with Gasteiger partial charge in [-0.1, -0.05) is 11.6 Å². The lowest BCUT2D eigenvalue weighted by Crippen LogP contribution is -2.54. The third-order valence-electron chi connectivity index (χ3n) is 5.59. The highest BCUT2D eigenvalue weighted by atomic mass is 32.1. The van der Waals surface area contributed by atoms with E-state index in [2.05, 4.69) is 30.1 Å². The highest BCUT2D eigenvalue weighted by molar-refractivity contribution is 7.07. The maximum Gasteiger partial charge on any atom is 0.325 e. The molecule has 0 spiro atoms. The molecule has 2 fully saturated rings. The van der Waals surface area contributed by atoms with Crippen LogP contribution in [0.3, 0.4) is 0 Å². The number of rotatable bonds is 5. The molecule has 25 heavy (non-hydrogen) atoms. The summed E-state index contributed by atoms with van der Waals surface area (Å²) in [6.07, 6.45) is 4.02. The normalized spacial score (nSPS) is 26.4. The van der Waals surface area contributed by atoms with Gasteiger partial charge in [0.1, 0.15) is 5.54 Å². The van der Waals surface area contributed by atoms with Crippen molar-refractivity contribution in [2.75, 3.05) is 19.6 Å². The van der Waals surface area contributed by atoms with Gasteiger partial charge in [-0.25, -0.2) is 4.79 Å². The van der Waals surface area contributed by atoms with Gasteiger partial charge in [0.05, 0.1) is 6.54 Å². The van der Waals surface area contributed by atoms with Gasteiger partial charge in [-0.05, 0) is 75.0 Å². The van der Waals surface area contributed by atoms with Crippen molar-refractivity contribution in [3.8, 4) is 0 Å². The van der Waals surface area contributed by atoms with Gasteiger partial charge in [-0.3, -0.25) is 14.6 Å². The molecule has 2 aliphatic rings. The topological polar surface area (TPSA) is 52.7 Å². The average Bonchev–Trinajstić information content (AvgIpc) is 3.19. The van der Waals surface area contributed by atoms with Gasteiger partial charge in [0, 0.05) is 6.54 Å². The monoisotopic (exact) mass is 361 g/mol. The van der Waals surface area contributed by atoms with Crippen molar-refractivity contribution in [2.45, 2.75) is 45.7 Å². The minimum atomic E-state index is -0.769. The first-order valence-corrected chi connectivity index (χ1v) is 9.87. The first kappa shape index (κ1) is 18.1. The Bertz CT molecular complexity index is 662. The predicted molar refractivity (Wildman–Crippen MR) is 100 cm³/mol. The summed E-state index contributed by atoms with van der Waals surface area (Å²) < 4.78 is 0. The Labute approximate surface area is 153 Å². The number of allylic oxidation sites excluding steroid dienone is 1. The van der Waals surface area contributed by atoms with Gasteiger partial charge in [-0.2, -0.15) is 11.3 Å². The number of piperidine rings is 1. The standard InChI is InChI=1S/C19H27N3O2S/c1-4-14(2)11-21-8-5-16(6-9-21)19(3)17(23)22(18(24)20-19)12-15-7-10-25-13-15/h4,7,10,13,16H,5-6,8-9,11-12H2,1-3H3,(H,20,24). The number of likely N-dealkylation sites (tertiary alicyclic amines) is 1. The first-order chi connectivity index (χ1) is 11.9. The van der Waals surface area contributed by atoms with Crippen LogP contribution in [0.25, 0.3) is 0 Å². The van der Waals surface area contributed by atoms with Crippen LogP contribution in [-0.4, -0.2) is 46.9 Å². The van der Waals surface area contributed by atoms with E-state index in [-0.39, 0.29) is 17.9 Å². The zero-order chi connectivity index (χ0) is 18.0. The van der Waals surface area contributed by atoms with Crippen LogP contribution in [-0.2, 0) is 11.3 Å². The number of amides is 3. The lowest BCUT2D eigenvalue weighted by molar-refractivity contribution is -0.133. The predicted octanol–water partition coefficient (Wildman–Crippen LogP) is 3.24. The molecule has 2 saturated heterocycles. The fourth-order valence-corrected chi connectivity index (χ4v) is 4.47. The summed E-state index contributed by atoms with van der Waals surface area (Å²) in [6.45, 7) is 9.42. The minimum Gasteiger partial charge on any atom is -0.323 e. The number of carbonyl (C=O) groups excluding carboxylic acids is 2. The number of thiophene rings is 1. The Hall–Kier alpha value is -1.66. The summed E-state index contributed by atoms with van der Waals surface area (Å²) in [6, 6.07) is 1.70. The van der Waals surface area contributed by atoms with Gasteiger partial charge < -0.3 is 5.32 Å². The van der Waals surface area contributed by atoms with Gasteiger partial charge in [0.2, 0.25) is 0 Å². The summed E-state index contributed by atoms with van der Waals surface area (Å²) in [4.78, 5) is 29.2. The number of imide groups is 1. The van der Waals surface area contributed by atoms with Crippen molar-refractivity contribution < 1.29 is 9.59 Å². The van der Waals surface area contributed by atoms with Crippen molar-refractivity contribution in [3.63, 3.8) is 0 Å². The van der Waals surface area contributed by atoms with Crippen LogP contribution in [0, 0.1) is 5.92 Å². The summed E-state index contributed by atoms with van der Waals surface area (Å²) in [7, 11) is 0. The van der Waals surface area contributed by atoms with E-state index in [1.165, 1.54) is 10.5 Å². The number of carbonyl (C=O) groups is 2. The van der Waals surface area contributed by atoms with E-state index in [0.29, 0.717) is 6.54 Å². The van der Waals surface area contributed by atoms with Crippen LogP contribution in [0.5, 0.6) is 0 Å². The number of urea groups is 1. The van der Waals surface area contributed by atoms with Crippen molar-refractivity contribution >= 4 is 23.3 Å². The zero-order valence-corrected chi connectivity index (χ0v) is 16.1. The third-order valence-corrected chi connectivity index (χ3v) is 6.32. The minimum absolute atomic E-state index is 0.0771. The van der Waals surface area contributed by atoms with Crippen LogP contribution < -0.4 is 5.32 Å². The molecule has 1 atom stereocenters.